The molecule has 3 aliphatic rings. The van der Waals surface area contributed by atoms with Crippen LogP contribution in [-0.2, 0) is 17.8 Å². The monoisotopic (exact) mass is 599 g/mol. The lowest BCUT2D eigenvalue weighted by Gasteiger charge is -2.42. The van der Waals surface area contributed by atoms with Gasteiger partial charge in [-0.15, -0.1) is 0 Å². The van der Waals surface area contributed by atoms with E-state index in [1.807, 2.05) is 0 Å². The molecule has 6 rings (SSSR count). The number of ether oxygens (including phenoxy) is 1. The zero-order valence-corrected chi connectivity index (χ0v) is 26.1. The van der Waals surface area contributed by atoms with Gasteiger partial charge >= 0.3 is 6.01 Å². The van der Waals surface area contributed by atoms with Crippen LogP contribution >= 0.6 is 13.5 Å². The first-order valence-corrected chi connectivity index (χ1v) is 15.0. The largest absolute Gasteiger partial charge is 0.462 e. The lowest BCUT2D eigenvalue weighted by Crippen LogP contribution is -2.56. The summed E-state index contributed by atoms with van der Waals surface area (Å²) in [6.07, 6.45) is 3.34. The van der Waals surface area contributed by atoms with Crippen LogP contribution in [0.2, 0.25) is 0 Å². The molecule has 3 aromatic rings. The topological polar surface area (TPSA) is 88.8 Å². The first-order chi connectivity index (χ1) is 20.4. The Morgan fingerprint density at radius 3 is 2.65 bits per heavy atom. The number of rotatable bonds is 7. The van der Waals surface area contributed by atoms with E-state index in [0.717, 1.165) is 43.0 Å². The van der Waals surface area contributed by atoms with Gasteiger partial charge in [0.1, 0.15) is 12.4 Å². The van der Waals surface area contributed by atoms with Crippen LogP contribution in [0.4, 0.5) is 11.5 Å². The number of anilines is 2. The summed E-state index contributed by atoms with van der Waals surface area (Å²) in [4.78, 5) is 31.6. The predicted octanol–water partition coefficient (Wildman–Crippen LogP) is 4.29. The minimum atomic E-state index is -0.231. The Morgan fingerprint density at radius 2 is 1.88 bits per heavy atom. The molecular weight excluding hydrogens is 558 g/mol. The summed E-state index contributed by atoms with van der Waals surface area (Å²) in [5, 5.41) is 12.0. The molecule has 0 aliphatic carbocycles. The number of amides is 1. The molecule has 2 atom stereocenters. The van der Waals surface area contributed by atoms with Crippen LogP contribution in [0.25, 0.3) is 10.8 Å². The van der Waals surface area contributed by atoms with Gasteiger partial charge in [-0.3, -0.25) is 4.79 Å². The molecule has 0 N–H and O–H groups in total. The third-order valence-electron chi connectivity index (χ3n) is 8.94. The Labute approximate surface area is 261 Å². The number of carbonyl (C=O) groups is 1. The van der Waals surface area contributed by atoms with Crippen molar-refractivity contribution in [1.82, 2.24) is 19.8 Å². The maximum atomic E-state index is 12.9. The summed E-state index contributed by atoms with van der Waals surface area (Å²) in [6, 6.07) is 17.8. The average molecular weight is 600 g/mol. The van der Waals surface area contributed by atoms with Gasteiger partial charge < -0.3 is 24.3 Å². The fourth-order valence-corrected chi connectivity index (χ4v) is 6.61. The third kappa shape index (κ3) is 6.29. The van der Waals surface area contributed by atoms with Gasteiger partial charge in [-0.25, -0.2) is 0 Å². The fraction of sp³-hybridized carbons (Fsp3) is 0.455. The molecule has 1 aromatic heterocycles. The van der Waals surface area contributed by atoms with E-state index in [-0.39, 0.29) is 31.9 Å². The minimum absolute atomic E-state index is 0. The Kier molecular flexibility index (Phi) is 9.43. The van der Waals surface area contributed by atoms with E-state index in [1.165, 1.54) is 22.9 Å². The number of hydrogen-bond donors (Lipinski definition) is 0. The van der Waals surface area contributed by atoms with Crippen molar-refractivity contribution in [3.05, 3.63) is 65.9 Å². The van der Waals surface area contributed by atoms with E-state index in [0.29, 0.717) is 50.4 Å². The maximum absolute atomic E-state index is 12.9. The number of piperazine rings is 1. The molecule has 0 spiro atoms. The number of carbonyl (C=O) groups excluding carboxylic acids is 1. The average Bonchev–Trinajstić information content (AvgIpc) is 3.43. The molecule has 0 radical (unpaired) electrons. The fourth-order valence-electron chi connectivity index (χ4n) is 6.61. The highest BCUT2D eigenvalue weighted by atomic mass is 32.1. The molecular formula is C33H41N7O2S. The second kappa shape index (κ2) is 13.2. The Balaban J connectivity index is 0.00000368. The Hall–Kier alpha value is -3.81. The van der Waals surface area contributed by atoms with E-state index in [9.17, 15) is 10.1 Å². The van der Waals surface area contributed by atoms with Gasteiger partial charge in [0.15, 0.2) is 0 Å². The van der Waals surface area contributed by atoms with Crippen molar-refractivity contribution in [3.63, 3.8) is 0 Å². The number of aromatic nitrogens is 2. The van der Waals surface area contributed by atoms with Crippen LogP contribution in [-0.4, -0.2) is 84.1 Å². The molecule has 1 amide bonds. The first-order valence-electron chi connectivity index (χ1n) is 15.0. The molecule has 3 aliphatic heterocycles. The maximum Gasteiger partial charge on any atom is 0.318 e. The standard InChI is InChI=1S/C33H39N7O2.H2S/c1-23(2)32(41)40-19-18-39(20-25(40)13-15-34)31-28-14-17-38(30-12-6-9-24-8-4-5-11-27(24)30)21-29(28)35-33(36-31)42-22-26-10-7-16-37(26)3;/h4-6,8-9,11-12,25-26H,1,7,10,13-14,16-22H2,2-3H3;1H2/t25?,26-;/m0./s1. The summed E-state index contributed by atoms with van der Waals surface area (Å²) in [5.74, 6) is 0.785. The van der Waals surface area contributed by atoms with Gasteiger partial charge in [0.2, 0.25) is 5.91 Å². The lowest BCUT2D eigenvalue weighted by atomic mass is 10.0. The number of likely N-dealkylation sites (N-methyl/N-ethyl adjacent to an activating group) is 1. The van der Waals surface area contributed by atoms with Crippen molar-refractivity contribution in [1.29, 1.82) is 5.26 Å². The molecule has 4 heterocycles. The third-order valence-corrected chi connectivity index (χ3v) is 8.94. The summed E-state index contributed by atoms with van der Waals surface area (Å²) < 4.78 is 6.30. The summed E-state index contributed by atoms with van der Waals surface area (Å²) in [6.45, 7) is 10.4. The van der Waals surface area contributed by atoms with Crippen molar-refractivity contribution in [2.45, 2.75) is 51.2 Å². The quantitative estimate of drug-likeness (QED) is 0.372. The normalized spacial score (nSPS) is 20.3. The molecule has 1 unspecified atom stereocenters. The molecule has 2 aromatic carbocycles. The van der Waals surface area contributed by atoms with Crippen LogP contribution in [0, 0.1) is 11.3 Å². The van der Waals surface area contributed by atoms with E-state index in [1.54, 1.807) is 11.8 Å². The summed E-state index contributed by atoms with van der Waals surface area (Å²) in [7, 11) is 2.14. The van der Waals surface area contributed by atoms with E-state index >= 15 is 0 Å². The molecule has 2 fully saturated rings. The number of benzene rings is 2. The van der Waals surface area contributed by atoms with Crippen molar-refractivity contribution in [2.75, 3.05) is 56.2 Å². The van der Waals surface area contributed by atoms with Gasteiger partial charge in [0.05, 0.1) is 30.8 Å². The van der Waals surface area contributed by atoms with Crippen molar-refractivity contribution < 1.29 is 9.53 Å². The number of likely N-dealkylation sites (tertiary alicyclic amines) is 1. The lowest BCUT2D eigenvalue weighted by molar-refractivity contribution is -0.129. The number of nitrogens with zero attached hydrogens (tertiary/aromatic N) is 7. The molecule has 10 heteroatoms. The zero-order valence-electron chi connectivity index (χ0n) is 25.1. The van der Waals surface area contributed by atoms with Crippen LogP contribution in [0.1, 0.15) is 37.4 Å². The number of hydrogen-bond acceptors (Lipinski definition) is 8. The Bertz CT molecular complexity index is 1530. The van der Waals surface area contributed by atoms with Crippen molar-refractivity contribution >= 4 is 41.7 Å². The first kappa shape index (κ1) is 30.6. The second-order valence-corrected chi connectivity index (χ2v) is 11.8. The summed E-state index contributed by atoms with van der Waals surface area (Å²) >= 11 is 0. The van der Waals surface area contributed by atoms with E-state index in [2.05, 4.69) is 76.9 Å². The molecule has 226 valence electrons. The van der Waals surface area contributed by atoms with Crippen LogP contribution in [0.3, 0.4) is 0 Å². The molecule has 0 bridgehead atoms. The molecule has 9 nitrogen and oxygen atoms in total. The summed E-state index contributed by atoms with van der Waals surface area (Å²) in [5.41, 5.74) is 3.81. The van der Waals surface area contributed by atoms with Crippen molar-refractivity contribution in [3.8, 4) is 12.1 Å². The van der Waals surface area contributed by atoms with E-state index in [4.69, 9.17) is 14.7 Å². The highest BCUT2D eigenvalue weighted by Crippen LogP contribution is 2.35. The van der Waals surface area contributed by atoms with Gasteiger partial charge in [-0.1, -0.05) is 43.0 Å². The van der Waals surface area contributed by atoms with Crippen LogP contribution in [0.15, 0.2) is 54.6 Å². The van der Waals surface area contributed by atoms with Crippen LogP contribution in [0.5, 0.6) is 6.01 Å². The van der Waals surface area contributed by atoms with Gasteiger partial charge in [0, 0.05) is 54.4 Å². The highest BCUT2D eigenvalue weighted by Gasteiger charge is 2.34. The predicted molar refractivity (Wildman–Crippen MR) is 175 cm³/mol. The van der Waals surface area contributed by atoms with Crippen molar-refractivity contribution in [2.24, 2.45) is 0 Å². The number of nitriles is 1. The van der Waals surface area contributed by atoms with Gasteiger partial charge in [-0.05, 0) is 51.2 Å². The molecule has 43 heavy (non-hydrogen) atoms. The van der Waals surface area contributed by atoms with Gasteiger partial charge in [-0.2, -0.15) is 28.7 Å². The second-order valence-electron chi connectivity index (χ2n) is 11.8. The molecule has 0 saturated carbocycles. The number of fused-ring (bicyclic) bond motifs is 2. The Morgan fingerprint density at radius 1 is 1.07 bits per heavy atom. The smallest absolute Gasteiger partial charge is 0.318 e. The molecule has 2 saturated heterocycles. The van der Waals surface area contributed by atoms with E-state index < -0.39 is 0 Å². The zero-order chi connectivity index (χ0) is 29.2. The minimum Gasteiger partial charge on any atom is -0.462 e. The van der Waals surface area contributed by atoms with Crippen LogP contribution < -0.4 is 14.5 Å². The van der Waals surface area contributed by atoms with Gasteiger partial charge in [0.25, 0.3) is 0 Å². The highest BCUT2D eigenvalue weighted by molar-refractivity contribution is 7.59. The SMILES string of the molecule is C=C(C)C(=O)N1CCN(c2nc(OC[C@@H]3CCCN3C)nc3c2CCN(c2cccc4ccccc24)C3)CC1CC#N.S.